The Kier molecular flexibility index (Phi) is 8.44. The molecule has 0 saturated heterocycles. The van der Waals surface area contributed by atoms with Crippen molar-refractivity contribution in [1.82, 2.24) is 4.90 Å². The molecule has 1 atom stereocenters. The Morgan fingerprint density at radius 1 is 1.29 bits per heavy atom. The Bertz CT molecular complexity index is 1170. The second kappa shape index (κ2) is 11.1. The van der Waals surface area contributed by atoms with Crippen LogP contribution in [0.15, 0.2) is 73.2 Å². The van der Waals surface area contributed by atoms with Gasteiger partial charge in [-0.05, 0) is 56.5 Å². The number of aliphatic hydroxyl groups is 1. The molecule has 0 aliphatic carbocycles. The number of aliphatic imine (C=N–C) groups is 1. The van der Waals surface area contributed by atoms with E-state index in [1.807, 2.05) is 20.0 Å². The molecule has 0 radical (unpaired) electrons. The van der Waals surface area contributed by atoms with E-state index >= 15 is 0 Å². The van der Waals surface area contributed by atoms with Crippen LogP contribution in [0.5, 0.6) is 0 Å². The standard InChI is InChI=1S/C30H39N3OS/c1-9-23-15-12-13-16-25(23)24(10-2)19-33(30(7,8)22(6)34)21(5)27-20(4)28(26-17-14-18-32-26)35-29(27)31-11-3/h11-16,18,24,31,34H,3,5-6,9-10,17,19H2,1-2,4,7-8H3. The monoisotopic (exact) mass is 489 g/mol. The quantitative estimate of drug-likeness (QED) is 0.295. The summed E-state index contributed by atoms with van der Waals surface area (Å²) in [6.07, 6.45) is 8.43. The van der Waals surface area contributed by atoms with E-state index in [1.54, 1.807) is 17.5 Å². The third-order valence-electron chi connectivity index (χ3n) is 7.06. The van der Waals surface area contributed by atoms with E-state index in [2.05, 4.69) is 86.1 Å². The smallest absolute Gasteiger partial charge is 0.110 e. The maximum atomic E-state index is 10.7. The van der Waals surface area contributed by atoms with E-state index in [9.17, 15) is 5.11 Å². The van der Waals surface area contributed by atoms with Crippen LogP contribution in [0.3, 0.4) is 0 Å². The first-order chi connectivity index (χ1) is 16.7. The van der Waals surface area contributed by atoms with Crippen molar-refractivity contribution in [1.29, 1.82) is 0 Å². The Balaban J connectivity index is 2.11. The molecule has 0 fully saturated rings. The van der Waals surface area contributed by atoms with Gasteiger partial charge in [-0.1, -0.05) is 63.9 Å². The number of aryl methyl sites for hydroxylation is 1. The molecule has 4 nitrogen and oxygen atoms in total. The van der Waals surface area contributed by atoms with Gasteiger partial charge < -0.3 is 15.3 Å². The van der Waals surface area contributed by atoms with Crippen LogP contribution in [0.25, 0.3) is 5.70 Å². The summed E-state index contributed by atoms with van der Waals surface area (Å²) in [5.41, 5.74) is 6.10. The predicted octanol–water partition coefficient (Wildman–Crippen LogP) is 8.20. The summed E-state index contributed by atoms with van der Waals surface area (Å²) < 4.78 is 0. The SMILES string of the molecule is C=CNc1sc(C2=NC=CC2)c(C)c1C(=C)N(CC(CC)c1ccccc1CC)C(C)(C)C(=C)O. The van der Waals surface area contributed by atoms with Crippen molar-refractivity contribution < 1.29 is 5.11 Å². The van der Waals surface area contributed by atoms with Gasteiger partial charge in [-0.3, -0.25) is 4.99 Å². The number of nitrogens with one attached hydrogen (secondary N) is 1. The summed E-state index contributed by atoms with van der Waals surface area (Å²) in [6.45, 7) is 23.7. The Labute approximate surface area is 215 Å². The van der Waals surface area contributed by atoms with Crippen molar-refractivity contribution >= 4 is 27.7 Å². The molecular formula is C30H39N3OS. The second-order valence-electron chi connectivity index (χ2n) is 9.49. The lowest BCUT2D eigenvalue weighted by molar-refractivity contribution is 0.163. The van der Waals surface area contributed by atoms with Gasteiger partial charge in [-0.2, -0.15) is 0 Å². The van der Waals surface area contributed by atoms with Gasteiger partial charge in [0.2, 0.25) is 0 Å². The highest BCUT2D eigenvalue weighted by Gasteiger charge is 2.35. The van der Waals surface area contributed by atoms with Gasteiger partial charge in [0.25, 0.3) is 0 Å². The van der Waals surface area contributed by atoms with E-state index in [0.29, 0.717) is 6.54 Å². The number of aliphatic hydroxyl groups excluding tert-OH is 1. The summed E-state index contributed by atoms with van der Waals surface area (Å²) in [6, 6.07) is 8.67. The summed E-state index contributed by atoms with van der Waals surface area (Å²) in [5, 5.41) is 15.0. The number of hydrogen-bond acceptors (Lipinski definition) is 5. The summed E-state index contributed by atoms with van der Waals surface area (Å²) in [4.78, 5) is 7.95. The van der Waals surface area contributed by atoms with Gasteiger partial charge in [0.1, 0.15) is 10.8 Å². The zero-order valence-corrected chi connectivity index (χ0v) is 22.6. The maximum absolute atomic E-state index is 10.7. The first-order valence-electron chi connectivity index (χ1n) is 12.3. The molecule has 1 aromatic carbocycles. The fourth-order valence-electron chi connectivity index (χ4n) is 4.73. The molecule has 2 heterocycles. The van der Waals surface area contributed by atoms with Crippen LogP contribution in [-0.4, -0.2) is 27.8 Å². The zero-order valence-electron chi connectivity index (χ0n) is 21.8. The molecule has 2 aromatic rings. The highest BCUT2D eigenvalue weighted by Crippen LogP contribution is 2.43. The van der Waals surface area contributed by atoms with Crippen LogP contribution < -0.4 is 5.32 Å². The van der Waals surface area contributed by atoms with Crippen LogP contribution in [0.1, 0.15) is 73.6 Å². The molecule has 1 aromatic heterocycles. The van der Waals surface area contributed by atoms with Crippen LogP contribution in [0.2, 0.25) is 0 Å². The number of anilines is 1. The molecule has 3 rings (SSSR count). The van der Waals surface area contributed by atoms with Crippen LogP contribution in [-0.2, 0) is 6.42 Å². The van der Waals surface area contributed by atoms with Crippen molar-refractivity contribution in [2.24, 2.45) is 4.99 Å². The minimum atomic E-state index is -0.710. The molecule has 0 bridgehead atoms. The fourth-order valence-corrected chi connectivity index (χ4v) is 5.96. The Morgan fingerprint density at radius 2 is 2.00 bits per heavy atom. The van der Waals surface area contributed by atoms with Gasteiger partial charge in [-0.25, -0.2) is 0 Å². The van der Waals surface area contributed by atoms with Gasteiger partial charge in [0.05, 0.1) is 16.1 Å². The van der Waals surface area contributed by atoms with E-state index < -0.39 is 5.54 Å². The molecule has 0 saturated carbocycles. The number of rotatable bonds is 12. The summed E-state index contributed by atoms with van der Waals surface area (Å²) >= 11 is 1.67. The molecule has 1 unspecified atom stereocenters. The molecule has 186 valence electrons. The average Bonchev–Trinajstić information content (AvgIpc) is 3.47. The lowest BCUT2D eigenvalue weighted by Gasteiger charge is -2.43. The molecule has 0 spiro atoms. The van der Waals surface area contributed by atoms with Crippen molar-refractivity contribution in [2.45, 2.75) is 65.3 Å². The second-order valence-corrected chi connectivity index (χ2v) is 10.5. The molecular weight excluding hydrogens is 450 g/mol. The minimum absolute atomic E-state index is 0.119. The lowest BCUT2D eigenvalue weighted by atomic mass is 9.88. The van der Waals surface area contributed by atoms with Crippen LogP contribution in [0.4, 0.5) is 5.00 Å². The third-order valence-corrected chi connectivity index (χ3v) is 8.33. The summed E-state index contributed by atoms with van der Waals surface area (Å²) in [5.74, 6) is 0.396. The van der Waals surface area contributed by atoms with Gasteiger partial charge in [0, 0.05) is 36.3 Å². The van der Waals surface area contributed by atoms with E-state index in [4.69, 9.17) is 0 Å². The van der Waals surface area contributed by atoms with Gasteiger partial charge in [0.15, 0.2) is 0 Å². The first kappa shape index (κ1) is 26.6. The van der Waals surface area contributed by atoms with Crippen molar-refractivity contribution in [3.05, 3.63) is 95.4 Å². The molecule has 5 heteroatoms. The zero-order chi connectivity index (χ0) is 25.8. The van der Waals surface area contributed by atoms with Crippen molar-refractivity contribution in [2.75, 3.05) is 11.9 Å². The van der Waals surface area contributed by atoms with E-state index in [-0.39, 0.29) is 11.7 Å². The topological polar surface area (TPSA) is 47.9 Å². The van der Waals surface area contributed by atoms with E-state index in [0.717, 1.165) is 51.7 Å². The molecule has 2 N–H and O–H groups in total. The Hall–Kier alpha value is -3.05. The maximum Gasteiger partial charge on any atom is 0.110 e. The first-order valence-corrected chi connectivity index (χ1v) is 13.1. The number of hydrogen-bond donors (Lipinski definition) is 2. The molecule has 1 aliphatic rings. The van der Waals surface area contributed by atoms with Crippen molar-refractivity contribution in [3.8, 4) is 0 Å². The number of nitrogens with zero attached hydrogens (tertiary/aromatic N) is 2. The van der Waals surface area contributed by atoms with Gasteiger partial charge >= 0.3 is 0 Å². The van der Waals surface area contributed by atoms with Crippen LogP contribution >= 0.6 is 11.3 Å². The Morgan fingerprint density at radius 3 is 2.57 bits per heavy atom. The fraction of sp³-hybridized carbons (Fsp3) is 0.367. The van der Waals surface area contributed by atoms with Crippen molar-refractivity contribution in [3.63, 3.8) is 0 Å². The normalized spacial score (nSPS) is 13.9. The van der Waals surface area contributed by atoms with Crippen LogP contribution in [0, 0.1) is 6.92 Å². The lowest BCUT2D eigenvalue weighted by Crippen LogP contribution is -2.46. The number of thiophene rings is 1. The number of allylic oxidation sites excluding steroid dienone is 1. The van der Waals surface area contributed by atoms with Gasteiger partial charge in [-0.15, -0.1) is 11.3 Å². The highest BCUT2D eigenvalue weighted by molar-refractivity contribution is 7.18. The highest BCUT2D eigenvalue weighted by atomic mass is 32.1. The summed E-state index contributed by atoms with van der Waals surface area (Å²) in [7, 11) is 0. The average molecular weight is 490 g/mol. The largest absolute Gasteiger partial charge is 0.510 e. The molecule has 35 heavy (non-hydrogen) atoms. The molecule has 1 aliphatic heterocycles. The number of benzene rings is 1. The minimum Gasteiger partial charge on any atom is -0.510 e. The third kappa shape index (κ3) is 5.30. The predicted molar refractivity (Wildman–Crippen MR) is 154 cm³/mol. The van der Waals surface area contributed by atoms with E-state index in [1.165, 1.54) is 11.1 Å². The molecule has 0 amide bonds.